The molecule has 1 heterocycles. The van der Waals surface area contributed by atoms with E-state index in [0.29, 0.717) is 11.3 Å². The number of carbonyl (C=O) groups is 1. The topological polar surface area (TPSA) is 97.4 Å². The molecule has 0 radical (unpaired) electrons. The average molecular weight is 335 g/mol. The Balaban J connectivity index is 2.45. The SMILES string of the molecule is COc1ccc(NC(C)=O)cc1S(=O)(=O)Nc1ncccc1C. The molecule has 2 rings (SSSR count). The number of nitrogens with zero attached hydrogens (tertiary/aromatic N) is 1. The van der Waals surface area contributed by atoms with Crippen LogP contribution in [0.15, 0.2) is 41.4 Å². The summed E-state index contributed by atoms with van der Waals surface area (Å²) in [6.07, 6.45) is 1.50. The maximum atomic E-state index is 12.6. The fraction of sp³-hybridized carbons (Fsp3) is 0.200. The Labute approximate surface area is 134 Å². The van der Waals surface area contributed by atoms with Gasteiger partial charge in [0.1, 0.15) is 16.5 Å². The van der Waals surface area contributed by atoms with Crippen LogP contribution in [0.3, 0.4) is 0 Å². The minimum atomic E-state index is -3.93. The molecule has 23 heavy (non-hydrogen) atoms. The molecule has 0 unspecified atom stereocenters. The fourth-order valence-electron chi connectivity index (χ4n) is 1.94. The highest BCUT2D eigenvalue weighted by atomic mass is 32.2. The van der Waals surface area contributed by atoms with E-state index in [1.165, 1.54) is 32.4 Å². The largest absolute Gasteiger partial charge is 0.495 e. The van der Waals surface area contributed by atoms with Crippen molar-refractivity contribution in [3.63, 3.8) is 0 Å². The van der Waals surface area contributed by atoms with Crippen molar-refractivity contribution in [2.45, 2.75) is 18.7 Å². The van der Waals surface area contributed by atoms with Gasteiger partial charge in [0.15, 0.2) is 0 Å². The predicted molar refractivity (Wildman–Crippen MR) is 87.1 cm³/mol. The summed E-state index contributed by atoms with van der Waals surface area (Å²) in [5.41, 5.74) is 1.05. The van der Waals surface area contributed by atoms with E-state index in [9.17, 15) is 13.2 Å². The standard InChI is InChI=1S/C15H17N3O4S/c1-10-5-4-8-16-15(10)18-23(20,21)14-9-12(17-11(2)19)6-7-13(14)22-3/h4-9H,1-3H3,(H,16,18)(H,17,19). The van der Waals surface area contributed by atoms with E-state index in [2.05, 4.69) is 15.0 Å². The van der Waals surface area contributed by atoms with Gasteiger partial charge in [0.2, 0.25) is 5.91 Å². The van der Waals surface area contributed by atoms with Gasteiger partial charge in [-0.2, -0.15) is 0 Å². The molecule has 8 heteroatoms. The van der Waals surface area contributed by atoms with Crippen molar-refractivity contribution in [1.82, 2.24) is 4.98 Å². The molecular formula is C15H17N3O4S. The average Bonchev–Trinajstić information content (AvgIpc) is 2.49. The first-order valence-corrected chi connectivity index (χ1v) is 8.22. The molecule has 0 aliphatic rings. The van der Waals surface area contributed by atoms with E-state index in [-0.39, 0.29) is 22.4 Å². The predicted octanol–water partition coefficient (Wildman–Crippen LogP) is 2.16. The summed E-state index contributed by atoms with van der Waals surface area (Å²) < 4.78 is 32.8. The summed E-state index contributed by atoms with van der Waals surface area (Å²) in [7, 11) is -2.55. The van der Waals surface area contributed by atoms with Gasteiger partial charge >= 0.3 is 0 Å². The van der Waals surface area contributed by atoms with Crippen LogP contribution in [-0.4, -0.2) is 26.4 Å². The Morgan fingerprint density at radius 1 is 1.26 bits per heavy atom. The molecule has 1 amide bonds. The number of carbonyl (C=O) groups excluding carboxylic acids is 1. The lowest BCUT2D eigenvalue weighted by Crippen LogP contribution is -2.16. The second-order valence-corrected chi connectivity index (χ2v) is 6.47. The van der Waals surface area contributed by atoms with Gasteiger partial charge in [0, 0.05) is 18.8 Å². The second-order valence-electron chi connectivity index (χ2n) is 4.82. The molecule has 0 fully saturated rings. The Morgan fingerprint density at radius 3 is 2.61 bits per heavy atom. The van der Waals surface area contributed by atoms with Gasteiger partial charge in [-0.3, -0.25) is 9.52 Å². The van der Waals surface area contributed by atoms with Gasteiger partial charge in [-0.1, -0.05) is 6.07 Å². The molecule has 0 spiro atoms. The number of hydrogen-bond donors (Lipinski definition) is 2. The minimum Gasteiger partial charge on any atom is -0.495 e. The van der Waals surface area contributed by atoms with Crippen LogP contribution in [0.1, 0.15) is 12.5 Å². The Hall–Kier alpha value is -2.61. The molecule has 7 nitrogen and oxygen atoms in total. The number of ether oxygens (including phenoxy) is 1. The number of pyridine rings is 1. The van der Waals surface area contributed by atoms with Gasteiger partial charge in [0.05, 0.1) is 7.11 Å². The van der Waals surface area contributed by atoms with Crippen LogP contribution in [0.4, 0.5) is 11.5 Å². The van der Waals surface area contributed by atoms with E-state index >= 15 is 0 Å². The first-order chi connectivity index (χ1) is 10.8. The van der Waals surface area contributed by atoms with Gasteiger partial charge in [-0.25, -0.2) is 13.4 Å². The Kier molecular flexibility index (Phi) is 4.85. The zero-order chi connectivity index (χ0) is 17.0. The molecule has 2 aromatic rings. The van der Waals surface area contributed by atoms with E-state index in [4.69, 9.17) is 4.74 Å². The number of anilines is 2. The molecular weight excluding hydrogens is 318 g/mol. The maximum Gasteiger partial charge on any atom is 0.266 e. The summed E-state index contributed by atoms with van der Waals surface area (Å²) in [5, 5.41) is 2.54. The zero-order valence-corrected chi connectivity index (χ0v) is 13.8. The van der Waals surface area contributed by atoms with Gasteiger partial charge < -0.3 is 10.1 Å². The number of hydrogen-bond acceptors (Lipinski definition) is 5. The lowest BCUT2D eigenvalue weighted by molar-refractivity contribution is -0.114. The maximum absolute atomic E-state index is 12.6. The number of rotatable bonds is 5. The highest BCUT2D eigenvalue weighted by Crippen LogP contribution is 2.29. The van der Waals surface area contributed by atoms with Crippen molar-refractivity contribution in [3.8, 4) is 5.75 Å². The first-order valence-electron chi connectivity index (χ1n) is 6.73. The molecule has 0 atom stereocenters. The highest BCUT2D eigenvalue weighted by molar-refractivity contribution is 7.92. The molecule has 1 aromatic carbocycles. The van der Waals surface area contributed by atoms with Crippen molar-refractivity contribution >= 4 is 27.4 Å². The van der Waals surface area contributed by atoms with Crippen LogP contribution in [-0.2, 0) is 14.8 Å². The summed E-state index contributed by atoms with van der Waals surface area (Å²) >= 11 is 0. The molecule has 0 aliphatic heterocycles. The third-order valence-corrected chi connectivity index (χ3v) is 4.37. The molecule has 122 valence electrons. The minimum absolute atomic E-state index is 0.0868. The van der Waals surface area contributed by atoms with Crippen molar-refractivity contribution in [1.29, 1.82) is 0 Å². The number of aryl methyl sites for hydroxylation is 1. The van der Waals surface area contributed by atoms with Crippen molar-refractivity contribution in [3.05, 3.63) is 42.1 Å². The summed E-state index contributed by atoms with van der Waals surface area (Å²) in [4.78, 5) is 15.1. The lowest BCUT2D eigenvalue weighted by atomic mass is 10.3. The van der Waals surface area contributed by atoms with E-state index in [0.717, 1.165) is 0 Å². The number of amides is 1. The second kappa shape index (κ2) is 6.66. The monoisotopic (exact) mass is 335 g/mol. The quantitative estimate of drug-likeness (QED) is 0.872. The molecule has 2 N–H and O–H groups in total. The zero-order valence-electron chi connectivity index (χ0n) is 13.0. The van der Waals surface area contributed by atoms with Crippen molar-refractivity contribution in [2.75, 3.05) is 17.1 Å². The van der Waals surface area contributed by atoms with Crippen LogP contribution in [0.2, 0.25) is 0 Å². The molecule has 0 saturated carbocycles. The van der Waals surface area contributed by atoms with Crippen LogP contribution in [0.25, 0.3) is 0 Å². The molecule has 0 saturated heterocycles. The van der Waals surface area contributed by atoms with Crippen LogP contribution < -0.4 is 14.8 Å². The number of sulfonamides is 1. The Morgan fingerprint density at radius 2 is 2.00 bits per heavy atom. The number of nitrogens with one attached hydrogen (secondary N) is 2. The number of benzene rings is 1. The highest BCUT2D eigenvalue weighted by Gasteiger charge is 2.21. The van der Waals surface area contributed by atoms with E-state index in [1.54, 1.807) is 25.1 Å². The van der Waals surface area contributed by atoms with E-state index < -0.39 is 10.0 Å². The van der Waals surface area contributed by atoms with E-state index in [1.807, 2.05) is 0 Å². The van der Waals surface area contributed by atoms with Crippen LogP contribution in [0, 0.1) is 6.92 Å². The smallest absolute Gasteiger partial charge is 0.266 e. The van der Waals surface area contributed by atoms with Gasteiger partial charge in [0.25, 0.3) is 10.0 Å². The third kappa shape index (κ3) is 3.98. The van der Waals surface area contributed by atoms with Crippen LogP contribution in [0.5, 0.6) is 5.75 Å². The lowest BCUT2D eigenvalue weighted by Gasteiger charge is -2.13. The summed E-state index contributed by atoms with van der Waals surface area (Å²) in [6, 6.07) is 7.83. The molecule has 0 aliphatic carbocycles. The number of methoxy groups -OCH3 is 1. The fourth-order valence-corrected chi connectivity index (χ4v) is 3.22. The van der Waals surface area contributed by atoms with Crippen molar-refractivity contribution < 1.29 is 17.9 Å². The van der Waals surface area contributed by atoms with Crippen LogP contribution >= 0.6 is 0 Å². The van der Waals surface area contributed by atoms with Gasteiger partial charge in [-0.05, 0) is 36.8 Å². The molecule has 0 bridgehead atoms. The summed E-state index contributed by atoms with van der Waals surface area (Å²) in [6.45, 7) is 3.09. The number of aromatic nitrogens is 1. The first kappa shape index (κ1) is 16.8. The Bertz CT molecular complexity index is 834. The third-order valence-electron chi connectivity index (χ3n) is 3.01. The summed E-state index contributed by atoms with van der Waals surface area (Å²) in [5.74, 6) is 0.103. The van der Waals surface area contributed by atoms with Gasteiger partial charge in [-0.15, -0.1) is 0 Å². The molecule has 1 aromatic heterocycles. The van der Waals surface area contributed by atoms with Crippen molar-refractivity contribution in [2.24, 2.45) is 0 Å². The normalized spacial score (nSPS) is 10.9.